The number of aryl methyl sites for hydroxylation is 1. The van der Waals surface area contributed by atoms with Crippen molar-refractivity contribution in [1.82, 2.24) is 29.1 Å². The van der Waals surface area contributed by atoms with E-state index in [4.69, 9.17) is 22.3 Å². The van der Waals surface area contributed by atoms with Crippen LogP contribution in [0.3, 0.4) is 0 Å². The number of nitrogens with zero attached hydrogens (tertiary/aromatic N) is 6. The summed E-state index contributed by atoms with van der Waals surface area (Å²) in [6.45, 7) is 5.62. The van der Waals surface area contributed by atoms with Gasteiger partial charge in [-0.15, -0.1) is 0 Å². The number of benzene rings is 3. The van der Waals surface area contributed by atoms with E-state index < -0.39 is 104 Å². The van der Waals surface area contributed by atoms with Gasteiger partial charge in [0.2, 0.25) is 15.9 Å². The third kappa shape index (κ3) is 6.76. The fourth-order valence-corrected chi connectivity index (χ4v) is 9.12. The number of anilines is 1. The van der Waals surface area contributed by atoms with Gasteiger partial charge in [0.1, 0.15) is 29.2 Å². The molecular weight excluding hydrogens is 845 g/mol. The number of hydrogen-bond acceptors (Lipinski definition) is 7. The van der Waals surface area contributed by atoms with Crippen molar-refractivity contribution in [2.45, 2.75) is 69.0 Å². The molecule has 6 aromatic rings. The lowest BCUT2D eigenvalue weighted by molar-refractivity contribution is -0.142. The maximum atomic E-state index is 16.2. The van der Waals surface area contributed by atoms with Crippen molar-refractivity contribution in [2.75, 3.05) is 11.0 Å². The summed E-state index contributed by atoms with van der Waals surface area (Å²) >= 11 is 6.61. The first-order valence-corrected chi connectivity index (χ1v) is 20.6. The van der Waals surface area contributed by atoms with Crippen LogP contribution < -0.4 is 16.0 Å². The molecule has 0 aliphatic heterocycles. The van der Waals surface area contributed by atoms with Crippen LogP contribution in [0.1, 0.15) is 79.0 Å². The summed E-state index contributed by atoms with van der Waals surface area (Å²) in [5, 5.41) is 7.80. The maximum absolute atomic E-state index is 16.2. The van der Waals surface area contributed by atoms with Gasteiger partial charge in [-0.3, -0.25) is 23.6 Å². The average Bonchev–Trinajstić information content (AvgIpc) is 3.63. The van der Waals surface area contributed by atoms with Gasteiger partial charge in [-0.1, -0.05) is 38.4 Å². The monoisotopic (exact) mass is 878 g/mol. The fraction of sp³-hybridized carbons (Fsp3) is 0.359. The predicted molar refractivity (Wildman–Crippen MR) is 207 cm³/mol. The van der Waals surface area contributed by atoms with E-state index in [9.17, 15) is 35.2 Å². The zero-order valence-electron chi connectivity index (χ0n) is 32.2. The molecule has 0 bridgehead atoms. The number of nitrogens with one attached hydrogen (secondary N) is 1. The van der Waals surface area contributed by atoms with Gasteiger partial charge in [0, 0.05) is 24.6 Å². The highest BCUT2D eigenvalue weighted by Gasteiger charge is 2.69. The predicted octanol–water partition coefficient (Wildman–Crippen LogP) is 7.35. The van der Waals surface area contributed by atoms with Gasteiger partial charge in [0.25, 0.3) is 11.5 Å². The number of halogens is 8. The Kier molecular flexibility index (Phi) is 9.28. The van der Waals surface area contributed by atoms with Crippen LogP contribution in [0.5, 0.6) is 0 Å². The van der Waals surface area contributed by atoms with Crippen molar-refractivity contribution in [3.63, 3.8) is 0 Å². The number of alkyl halides is 5. The summed E-state index contributed by atoms with van der Waals surface area (Å²) in [7, 11) is -2.58. The lowest BCUT2D eigenvalue weighted by Gasteiger charge is -2.30. The van der Waals surface area contributed by atoms with Gasteiger partial charge >= 0.3 is 6.18 Å². The largest absolute Gasteiger partial charge is 0.435 e. The van der Waals surface area contributed by atoms with Gasteiger partial charge < -0.3 is 5.73 Å². The number of carbonyl (C=O) groups excluding carboxylic acids is 1. The van der Waals surface area contributed by atoms with Crippen molar-refractivity contribution >= 4 is 55.2 Å². The minimum atomic E-state index is -5.26. The van der Waals surface area contributed by atoms with Crippen LogP contribution in [-0.2, 0) is 45.8 Å². The first-order chi connectivity index (χ1) is 27.8. The Hall–Kier alpha value is -5.50. The lowest BCUT2D eigenvalue weighted by Crippen LogP contribution is -2.39. The molecule has 3 heterocycles. The zero-order chi connectivity index (χ0) is 43.8. The Morgan fingerprint density at radius 1 is 1.05 bits per heavy atom. The third-order valence-electron chi connectivity index (χ3n) is 11.0. The number of primary amides is 1. The van der Waals surface area contributed by atoms with Gasteiger partial charge in [-0.2, -0.15) is 32.1 Å². The second-order valence-electron chi connectivity index (χ2n) is 16.3. The Labute approximate surface area is 341 Å². The zero-order valence-corrected chi connectivity index (χ0v) is 33.7. The second-order valence-corrected chi connectivity index (χ2v) is 18.4. The summed E-state index contributed by atoms with van der Waals surface area (Å²) in [6.07, 6.45) is -5.39. The molecule has 2 aliphatic carbocycles. The molecule has 1 fully saturated rings. The third-order valence-corrected chi connectivity index (χ3v) is 11.9. The SMILES string of the molecule is Cn1nc(NS(C)(=O)=O)c2c(Cl)ccc(-n3c([C@@H](Cc4cc(F)cc(F)c4)C(C(N)=O)n4nc(C(F)(F)F)c5c4C(F)(F)[C@@H]4C[C@H]54)nc4cc(C(C)(C)C)ccc4c3=O)c21. The van der Waals surface area contributed by atoms with Crippen molar-refractivity contribution < 1.29 is 43.9 Å². The number of hydrogen-bond donors (Lipinski definition) is 2. The molecular formula is C39H34ClF7N8O4S. The highest BCUT2D eigenvalue weighted by atomic mass is 35.5. The van der Waals surface area contributed by atoms with E-state index in [1.165, 1.54) is 29.9 Å². The summed E-state index contributed by atoms with van der Waals surface area (Å²) in [5.41, 5.74) is 1.30. The highest BCUT2D eigenvalue weighted by Crippen LogP contribution is 2.69. The molecule has 0 saturated heterocycles. The highest BCUT2D eigenvalue weighted by molar-refractivity contribution is 7.92. The first-order valence-electron chi connectivity index (χ1n) is 18.3. The molecule has 3 N–H and O–H groups in total. The Balaban J connectivity index is 1.51. The number of rotatable bonds is 9. The minimum Gasteiger partial charge on any atom is -0.368 e. The number of aromatic nitrogens is 6. The minimum absolute atomic E-state index is 0.000197. The number of carbonyl (C=O) groups is 1. The van der Waals surface area contributed by atoms with E-state index >= 15 is 13.6 Å². The van der Waals surface area contributed by atoms with E-state index in [0.29, 0.717) is 11.6 Å². The second kappa shape index (κ2) is 13.5. The van der Waals surface area contributed by atoms with E-state index in [-0.39, 0.29) is 55.0 Å². The van der Waals surface area contributed by atoms with Gasteiger partial charge in [-0.05, 0) is 71.7 Å². The van der Waals surface area contributed by atoms with Crippen LogP contribution in [0.25, 0.3) is 27.5 Å². The topological polar surface area (TPSA) is 160 Å². The molecule has 1 amide bonds. The van der Waals surface area contributed by atoms with Crippen LogP contribution >= 0.6 is 11.6 Å². The summed E-state index contributed by atoms with van der Waals surface area (Å²) in [5.74, 6) is -12.9. The van der Waals surface area contributed by atoms with E-state index in [1.807, 2.05) is 20.8 Å². The van der Waals surface area contributed by atoms with Gasteiger partial charge in [0.05, 0.1) is 44.7 Å². The summed E-state index contributed by atoms with van der Waals surface area (Å²) in [6, 6.07) is 7.29. The normalized spacial score (nSPS) is 18.4. The van der Waals surface area contributed by atoms with Crippen molar-refractivity contribution in [1.29, 1.82) is 0 Å². The van der Waals surface area contributed by atoms with Crippen LogP contribution in [0.4, 0.5) is 36.6 Å². The molecule has 8 rings (SSSR count). The van der Waals surface area contributed by atoms with Gasteiger partial charge in [0.15, 0.2) is 11.5 Å². The number of amides is 1. The fourth-order valence-electron chi connectivity index (χ4n) is 8.38. The summed E-state index contributed by atoms with van der Waals surface area (Å²) < 4.78 is 135. The Bertz CT molecular complexity index is 2970. The summed E-state index contributed by atoms with van der Waals surface area (Å²) in [4.78, 5) is 33.8. The number of nitrogens with two attached hydrogens (primary N) is 1. The van der Waals surface area contributed by atoms with Crippen molar-refractivity contribution in [3.8, 4) is 5.69 Å². The van der Waals surface area contributed by atoms with E-state index in [0.717, 1.165) is 23.0 Å². The van der Waals surface area contributed by atoms with E-state index in [1.54, 1.807) is 12.1 Å². The van der Waals surface area contributed by atoms with Crippen LogP contribution in [0.15, 0.2) is 53.3 Å². The molecule has 0 radical (unpaired) electrons. The Morgan fingerprint density at radius 3 is 2.32 bits per heavy atom. The van der Waals surface area contributed by atoms with Crippen LogP contribution in [0.2, 0.25) is 5.02 Å². The Morgan fingerprint density at radius 2 is 1.72 bits per heavy atom. The smallest absolute Gasteiger partial charge is 0.368 e. The molecule has 0 spiro atoms. The molecule has 21 heteroatoms. The molecule has 12 nitrogen and oxygen atoms in total. The molecule has 1 unspecified atom stereocenters. The first kappa shape index (κ1) is 41.2. The maximum Gasteiger partial charge on any atom is 0.435 e. The van der Waals surface area contributed by atoms with Crippen LogP contribution in [-0.4, -0.2) is 49.7 Å². The molecule has 3 aromatic heterocycles. The van der Waals surface area contributed by atoms with E-state index in [2.05, 4.69) is 14.9 Å². The molecule has 3 aromatic carbocycles. The lowest BCUT2D eigenvalue weighted by atomic mass is 9.86. The molecule has 2 aliphatic rings. The van der Waals surface area contributed by atoms with Gasteiger partial charge in [-0.25, -0.2) is 26.9 Å². The number of fused-ring (bicyclic) bond motifs is 5. The molecule has 316 valence electrons. The molecule has 4 atom stereocenters. The molecule has 60 heavy (non-hydrogen) atoms. The van der Waals surface area contributed by atoms with Crippen molar-refractivity contribution in [3.05, 3.63) is 109 Å². The number of sulfonamides is 1. The average molecular weight is 879 g/mol. The standard InChI is InChI=1S/C39H34ClF7N8O4S/c1-37(2,3)17-6-7-20-25(13-17)49-35(54(36(20)57)26-9-8-24(40)28-30(26)53(4)51-34(28)52-60(5,58)59)22(12-16-10-18(41)14-19(42)11-16)29(33(48)56)55-32-27(31(50-55)39(45,46)47)21-15-23(21)38(32,43)44/h6-11,13-14,21-23,29H,12,15H2,1-5H3,(H2,48,56)(H,51,52)/t21-,22-,23+,29?/m0/s1. The molecule has 1 saturated carbocycles. The van der Waals surface area contributed by atoms with Crippen molar-refractivity contribution in [2.24, 2.45) is 18.7 Å². The van der Waals surface area contributed by atoms with Crippen LogP contribution in [0, 0.1) is 17.6 Å². The quantitative estimate of drug-likeness (QED) is 0.144.